The largest absolute Gasteiger partial charge is 0.327 e. The molecule has 0 bridgehead atoms. The van der Waals surface area contributed by atoms with Gasteiger partial charge in [-0.3, -0.25) is 0 Å². The van der Waals surface area contributed by atoms with Crippen molar-refractivity contribution in [3.05, 3.63) is 0 Å². The Morgan fingerprint density at radius 1 is 0.882 bits per heavy atom. The van der Waals surface area contributed by atoms with Crippen molar-refractivity contribution in [1.82, 2.24) is 0 Å². The minimum absolute atomic E-state index is 0.425. The maximum absolute atomic E-state index is 6.10. The van der Waals surface area contributed by atoms with Crippen LogP contribution in [0.2, 0.25) is 0 Å². The Kier molecular flexibility index (Phi) is 13.0. The van der Waals surface area contributed by atoms with Crippen molar-refractivity contribution in [3.63, 3.8) is 0 Å². The van der Waals surface area contributed by atoms with Crippen molar-refractivity contribution in [2.24, 2.45) is 11.7 Å². The Hall–Kier alpha value is 0.310. The molecule has 0 aliphatic heterocycles. The van der Waals surface area contributed by atoms with Gasteiger partial charge in [0.2, 0.25) is 0 Å². The molecule has 2 heteroatoms. The summed E-state index contributed by atoms with van der Waals surface area (Å²) in [4.78, 5) is 0. The van der Waals surface area contributed by atoms with Crippen molar-refractivity contribution >= 4 is 11.8 Å². The van der Waals surface area contributed by atoms with E-state index in [0.717, 1.165) is 11.7 Å². The molecule has 1 nitrogen and oxygen atoms in total. The first-order chi connectivity index (χ1) is 8.16. The van der Waals surface area contributed by atoms with Crippen molar-refractivity contribution < 1.29 is 0 Å². The van der Waals surface area contributed by atoms with Crippen LogP contribution in [0.1, 0.15) is 72.1 Å². The van der Waals surface area contributed by atoms with E-state index in [1.165, 1.54) is 57.1 Å². The Bertz CT molecular complexity index is 148. The monoisotopic (exact) mass is 259 g/mol. The standard InChI is InChI=1S/C15H33NS/c1-4-5-6-7-8-9-10-11-15(16)13-17-12-14(2)3/h14-15H,4-13,16H2,1-3H3. The normalized spacial score (nSPS) is 13.2. The zero-order chi connectivity index (χ0) is 12.9. The third-order valence-corrected chi connectivity index (χ3v) is 4.53. The summed E-state index contributed by atoms with van der Waals surface area (Å²) < 4.78 is 0. The van der Waals surface area contributed by atoms with Crippen LogP contribution in [-0.2, 0) is 0 Å². The summed E-state index contributed by atoms with van der Waals surface area (Å²) >= 11 is 2.02. The number of hydrogen-bond donors (Lipinski definition) is 1. The molecule has 104 valence electrons. The number of thioether (sulfide) groups is 1. The van der Waals surface area contributed by atoms with Crippen LogP contribution >= 0.6 is 11.8 Å². The smallest absolute Gasteiger partial charge is 0.0130 e. The second-order valence-corrected chi connectivity index (χ2v) is 6.68. The summed E-state index contributed by atoms with van der Waals surface area (Å²) in [6.45, 7) is 6.82. The molecule has 1 unspecified atom stereocenters. The van der Waals surface area contributed by atoms with Gasteiger partial charge in [0, 0.05) is 11.8 Å². The average molecular weight is 260 g/mol. The summed E-state index contributed by atoms with van der Waals surface area (Å²) in [6.07, 6.45) is 10.9. The van der Waals surface area contributed by atoms with Crippen molar-refractivity contribution in [2.45, 2.75) is 78.2 Å². The van der Waals surface area contributed by atoms with E-state index < -0.39 is 0 Å². The van der Waals surface area contributed by atoms with Gasteiger partial charge < -0.3 is 5.73 Å². The van der Waals surface area contributed by atoms with Crippen LogP contribution in [0.15, 0.2) is 0 Å². The molecule has 0 fully saturated rings. The molecule has 0 radical (unpaired) electrons. The highest BCUT2D eigenvalue weighted by atomic mass is 32.2. The molecule has 0 aromatic heterocycles. The summed E-state index contributed by atoms with van der Waals surface area (Å²) in [7, 11) is 0. The van der Waals surface area contributed by atoms with Gasteiger partial charge in [0.1, 0.15) is 0 Å². The van der Waals surface area contributed by atoms with Gasteiger partial charge in [-0.2, -0.15) is 11.8 Å². The second-order valence-electron chi connectivity index (χ2n) is 5.60. The molecule has 0 aromatic rings. The van der Waals surface area contributed by atoms with E-state index in [0.29, 0.717) is 6.04 Å². The average Bonchev–Trinajstić information content (AvgIpc) is 2.27. The van der Waals surface area contributed by atoms with E-state index in [4.69, 9.17) is 5.73 Å². The van der Waals surface area contributed by atoms with E-state index in [1.807, 2.05) is 11.8 Å². The van der Waals surface area contributed by atoms with Gasteiger partial charge in [-0.15, -0.1) is 0 Å². The van der Waals surface area contributed by atoms with Crippen LogP contribution < -0.4 is 5.73 Å². The van der Waals surface area contributed by atoms with Crippen LogP contribution in [-0.4, -0.2) is 17.5 Å². The molecule has 0 saturated heterocycles. The summed E-state index contributed by atoms with van der Waals surface area (Å²) in [5, 5.41) is 0. The molecule has 0 aromatic carbocycles. The molecule has 0 aliphatic rings. The van der Waals surface area contributed by atoms with Crippen LogP contribution in [0, 0.1) is 5.92 Å². The SMILES string of the molecule is CCCCCCCCCC(N)CSCC(C)C. The molecular formula is C15H33NS. The van der Waals surface area contributed by atoms with Gasteiger partial charge >= 0.3 is 0 Å². The van der Waals surface area contributed by atoms with Gasteiger partial charge in [0.05, 0.1) is 0 Å². The van der Waals surface area contributed by atoms with Gasteiger partial charge in [-0.05, 0) is 18.1 Å². The zero-order valence-electron chi connectivity index (χ0n) is 12.2. The first-order valence-corrected chi connectivity index (χ1v) is 8.65. The number of unbranched alkanes of at least 4 members (excludes halogenated alkanes) is 6. The van der Waals surface area contributed by atoms with Crippen LogP contribution in [0.5, 0.6) is 0 Å². The van der Waals surface area contributed by atoms with Gasteiger partial charge in [0.25, 0.3) is 0 Å². The summed E-state index contributed by atoms with van der Waals surface area (Å²) in [5.74, 6) is 3.20. The van der Waals surface area contributed by atoms with Gasteiger partial charge in [-0.1, -0.05) is 65.7 Å². The molecule has 1 atom stereocenters. The fraction of sp³-hybridized carbons (Fsp3) is 1.00. The fourth-order valence-corrected chi connectivity index (χ4v) is 2.98. The minimum Gasteiger partial charge on any atom is -0.327 e. The van der Waals surface area contributed by atoms with E-state index in [2.05, 4.69) is 20.8 Å². The lowest BCUT2D eigenvalue weighted by Crippen LogP contribution is -2.23. The van der Waals surface area contributed by atoms with Crippen molar-refractivity contribution in [3.8, 4) is 0 Å². The topological polar surface area (TPSA) is 26.0 Å². The Balaban J connectivity index is 3.13. The van der Waals surface area contributed by atoms with Crippen LogP contribution in [0.25, 0.3) is 0 Å². The third-order valence-electron chi connectivity index (χ3n) is 2.96. The van der Waals surface area contributed by atoms with Crippen LogP contribution in [0.4, 0.5) is 0 Å². The molecule has 17 heavy (non-hydrogen) atoms. The predicted molar refractivity (Wildman–Crippen MR) is 82.7 cm³/mol. The number of hydrogen-bond acceptors (Lipinski definition) is 2. The lowest BCUT2D eigenvalue weighted by molar-refractivity contribution is 0.549. The van der Waals surface area contributed by atoms with Gasteiger partial charge in [-0.25, -0.2) is 0 Å². The molecule has 0 heterocycles. The fourth-order valence-electron chi connectivity index (χ4n) is 1.90. The number of nitrogens with two attached hydrogens (primary N) is 1. The molecule has 0 rings (SSSR count). The maximum atomic E-state index is 6.10. The Labute approximate surface area is 113 Å². The first-order valence-electron chi connectivity index (χ1n) is 7.50. The second kappa shape index (κ2) is 12.8. The van der Waals surface area contributed by atoms with Crippen molar-refractivity contribution in [1.29, 1.82) is 0 Å². The molecular weight excluding hydrogens is 226 g/mol. The zero-order valence-corrected chi connectivity index (χ0v) is 13.0. The Morgan fingerprint density at radius 2 is 1.47 bits per heavy atom. The predicted octanol–water partition coefficient (Wildman–Crippen LogP) is 4.84. The summed E-state index contributed by atoms with van der Waals surface area (Å²) in [6, 6.07) is 0.425. The lowest BCUT2D eigenvalue weighted by Gasteiger charge is -2.12. The molecule has 0 saturated carbocycles. The summed E-state index contributed by atoms with van der Waals surface area (Å²) in [5.41, 5.74) is 6.10. The highest BCUT2D eigenvalue weighted by Crippen LogP contribution is 2.13. The van der Waals surface area contributed by atoms with Crippen molar-refractivity contribution in [2.75, 3.05) is 11.5 Å². The molecule has 0 spiro atoms. The van der Waals surface area contributed by atoms with Gasteiger partial charge in [0.15, 0.2) is 0 Å². The van der Waals surface area contributed by atoms with E-state index in [1.54, 1.807) is 0 Å². The quantitative estimate of drug-likeness (QED) is 0.507. The Morgan fingerprint density at radius 3 is 2.06 bits per heavy atom. The van der Waals surface area contributed by atoms with E-state index in [9.17, 15) is 0 Å². The number of rotatable bonds is 12. The van der Waals surface area contributed by atoms with Crippen LogP contribution in [0.3, 0.4) is 0 Å². The maximum Gasteiger partial charge on any atom is 0.0130 e. The lowest BCUT2D eigenvalue weighted by atomic mass is 10.1. The minimum atomic E-state index is 0.425. The highest BCUT2D eigenvalue weighted by molar-refractivity contribution is 7.99. The molecule has 0 amide bonds. The van der Waals surface area contributed by atoms with E-state index >= 15 is 0 Å². The highest BCUT2D eigenvalue weighted by Gasteiger charge is 2.03. The molecule has 2 N–H and O–H groups in total. The molecule has 0 aliphatic carbocycles. The first kappa shape index (κ1) is 17.3. The third kappa shape index (κ3) is 14.2. The van der Waals surface area contributed by atoms with E-state index in [-0.39, 0.29) is 0 Å².